The minimum atomic E-state index is -0.536. The van der Waals surface area contributed by atoms with Crippen LogP contribution in [-0.2, 0) is 7.05 Å². The molecule has 0 atom stereocenters. The fraction of sp³-hybridized carbons (Fsp3) is 0.0909. The summed E-state index contributed by atoms with van der Waals surface area (Å²) in [5.41, 5.74) is 0.578. The van der Waals surface area contributed by atoms with Crippen LogP contribution in [-0.4, -0.2) is 14.7 Å². The SMILES string of the molecule is Cn1ccc(Nc2ccc([N+](=O)[O-])cc2C#N)n1. The molecule has 0 fully saturated rings. The van der Waals surface area contributed by atoms with Gasteiger partial charge in [0.25, 0.3) is 5.69 Å². The van der Waals surface area contributed by atoms with Crippen LogP contribution in [0.1, 0.15) is 5.56 Å². The zero-order valence-corrected chi connectivity index (χ0v) is 9.49. The third-order valence-electron chi connectivity index (χ3n) is 2.31. The number of rotatable bonds is 3. The number of nitrogens with one attached hydrogen (secondary N) is 1. The minimum absolute atomic E-state index is 0.113. The van der Waals surface area contributed by atoms with Crippen LogP contribution in [0, 0.1) is 21.4 Å². The number of hydrogen-bond acceptors (Lipinski definition) is 5. The van der Waals surface area contributed by atoms with Gasteiger partial charge in [0.2, 0.25) is 0 Å². The molecule has 7 nitrogen and oxygen atoms in total. The summed E-state index contributed by atoms with van der Waals surface area (Å²) in [6.45, 7) is 0. The van der Waals surface area contributed by atoms with E-state index in [0.29, 0.717) is 11.5 Å². The second-order valence-corrected chi connectivity index (χ2v) is 3.60. The molecule has 1 heterocycles. The van der Waals surface area contributed by atoms with E-state index in [0.717, 1.165) is 0 Å². The third kappa shape index (κ3) is 2.27. The Hall–Kier alpha value is -2.88. The predicted molar refractivity (Wildman–Crippen MR) is 64.3 cm³/mol. The number of nitriles is 1. The van der Waals surface area contributed by atoms with E-state index in [1.807, 2.05) is 6.07 Å². The van der Waals surface area contributed by atoms with Crippen molar-refractivity contribution in [3.8, 4) is 6.07 Å². The van der Waals surface area contributed by atoms with Gasteiger partial charge in [-0.05, 0) is 6.07 Å². The maximum atomic E-state index is 10.6. The number of hydrogen-bond donors (Lipinski definition) is 1. The quantitative estimate of drug-likeness (QED) is 0.656. The van der Waals surface area contributed by atoms with Crippen molar-refractivity contribution in [2.45, 2.75) is 0 Å². The van der Waals surface area contributed by atoms with E-state index < -0.39 is 4.92 Å². The molecule has 1 N–H and O–H groups in total. The van der Waals surface area contributed by atoms with Crippen LogP contribution >= 0.6 is 0 Å². The van der Waals surface area contributed by atoms with Crippen molar-refractivity contribution in [3.63, 3.8) is 0 Å². The lowest BCUT2D eigenvalue weighted by Crippen LogP contribution is -1.97. The van der Waals surface area contributed by atoms with Crippen molar-refractivity contribution in [1.82, 2.24) is 9.78 Å². The van der Waals surface area contributed by atoms with Crippen LogP contribution in [0.4, 0.5) is 17.2 Å². The van der Waals surface area contributed by atoms with Crippen molar-refractivity contribution in [3.05, 3.63) is 46.1 Å². The Morgan fingerprint density at radius 1 is 1.50 bits per heavy atom. The third-order valence-corrected chi connectivity index (χ3v) is 2.31. The number of nitrogens with zero attached hydrogens (tertiary/aromatic N) is 4. The smallest absolute Gasteiger partial charge is 0.270 e. The predicted octanol–water partition coefficient (Wildman–Crippen LogP) is 1.94. The van der Waals surface area contributed by atoms with Gasteiger partial charge in [-0.1, -0.05) is 0 Å². The lowest BCUT2D eigenvalue weighted by atomic mass is 10.1. The van der Waals surface area contributed by atoms with Gasteiger partial charge in [0.05, 0.1) is 16.2 Å². The Morgan fingerprint density at radius 3 is 2.83 bits per heavy atom. The summed E-state index contributed by atoms with van der Waals surface area (Å²) >= 11 is 0. The second kappa shape index (κ2) is 4.55. The average molecular weight is 243 g/mol. The number of nitro benzene ring substituents is 1. The van der Waals surface area contributed by atoms with E-state index in [1.54, 1.807) is 24.0 Å². The number of aromatic nitrogens is 2. The molecule has 0 spiro atoms. The number of non-ortho nitro benzene ring substituents is 1. The number of aryl methyl sites for hydroxylation is 1. The van der Waals surface area contributed by atoms with E-state index in [9.17, 15) is 10.1 Å². The van der Waals surface area contributed by atoms with Gasteiger partial charge < -0.3 is 5.32 Å². The highest BCUT2D eigenvalue weighted by Crippen LogP contribution is 2.23. The number of anilines is 2. The van der Waals surface area contributed by atoms with Gasteiger partial charge in [-0.25, -0.2) is 0 Å². The lowest BCUT2D eigenvalue weighted by Gasteiger charge is -2.04. The Morgan fingerprint density at radius 2 is 2.28 bits per heavy atom. The first kappa shape index (κ1) is 11.6. The van der Waals surface area contributed by atoms with Gasteiger partial charge >= 0.3 is 0 Å². The fourth-order valence-corrected chi connectivity index (χ4v) is 1.47. The summed E-state index contributed by atoms with van der Waals surface area (Å²) in [5.74, 6) is 0.572. The highest BCUT2D eigenvalue weighted by Gasteiger charge is 2.11. The van der Waals surface area contributed by atoms with Crippen LogP contribution in [0.5, 0.6) is 0 Å². The summed E-state index contributed by atoms with van der Waals surface area (Å²) in [6.07, 6.45) is 1.75. The first-order valence-electron chi connectivity index (χ1n) is 5.05. The molecule has 0 aliphatic rings. The molecular formula is C11H9N5O2. The van der Waals surface area contributed by atoms with Crippen molar-refractivity contribution in [2.24, 2.45) is 7.05 Å². The minimum Gasteiger partial charge on any atom is -0.338 e. The zero-order valence-electron chi connectivity index (χ0n) is 9.49. The molecule has 18 heavy (non-hydrogen) atoms. The Balaban J connectivity index is 2.34. The normalized spacial score (nSPS) is 9.78. The molecule has 1 aromatic carbocycles. The van der Waals surface area contributed by atoms with Gasteiger partial charge in [-0.2, -0.15) is 10.4 Å². The van der Waals surface area contributed by atoms with E-state index in [2.05, 4.69) is 10.4 Å². The van der Waals surface area contributed by atoms with E-state index in [1.165, 1.54) is 18.2 Å². The maximum absolute atomic E-state index is 10.6. The molecule has 0 aliphatic carbocycles. The summed E-state index contributed by atoms with van der Waals surface area (Å²) in [4.78, 5) is 10.1. The molecule has 2 aromatic rings. The maximum Gasteiger partial charge on any atom is 0.270 e. The Labute approximate surface area is 102 Å². The summed E-state index contributed by atoms with van der Waals surface area (Å²) < 4.78 is 1.61. The topological polar surface area (TPSA) is 96.8 Å². The second-order valence-electron chi connectivity index (χ2n) is 3.60. The van der Waals surface area contributed by atoms with Crippen molar-refractivity contribution >= 4 is 17.2 Å². The molecule has 7 heteroatoms. The highest BCUT2D eigenvalue weighted by molar-refractivity contribution is 5.66. The summed E-state index contributed by atoms with van der Waals surface area (Å²) in [7, 11) is 1.77. The van der Waals surface area contributed by atoms with Crippen LogP contribution in [0.2, 0.25) is 0 Å². The van der Waals surface area contributed by atoms with Crippen molar-refractivity contribution < 1.29 is 4.92 Å². The standard InChI is InChI=1S/C11H9N5O2/c1-15-5-4-11(14-15)13-10-3-2-9(16(17)18)6-8(10)7-12/h2-6H,1H3,(H,13,14). The molecular weight excluding hydrogens is 234 g/mol. The largest absolute Gasteiger partial charge is 0.338 e. The Bertz CT molecular complexity index is 641. The zero-order chi connectivity index (χ0) is 13.1. The highest BCUT2D eigenvalue weighted by atomic mass is 16.6. The van der Waals surface area contributed by atoms with Crippen LogP contribution in [0.15, 0.2) is 30.5 Å². The molecule has 0 radical (unpaired) electrons. The van der Waals surface area contributed by atoms with Crippen LogP contribution in [0.25, 0.3) is 0 Å². The van der Waals surface area contributed by atoms with Crippen LogP contribution in [0.3, 0.4) is 0 Å². The molecule has 0 saturated carbocycles. The van der Waals surface area contributed by atoms with E-state index in [4.69, 9.17) is 5.26 Å². The van der Waals surface area contributed by atoms with Crippen molar-refractivity contribution in [1.29, 1.82) is 5.26 Å². The molecule has 0 bridgehead atoms. The fourth-order valence-electron chi connectivity index (χ4n) is 1.47. The first-order valence-corrected chi connectivity index (χ1v) is 5.05. The van der Waals surface area contributed by atoms with Gasteiger partial charge in [-0.3, -0.25) is 14.8 Å². The van der Waals surface area contributed by atoms with Gasteiger partial charge in [0, 0.05) is 31.4 Å². The molecule has 0 aliphatic heterocycles. The molecule has 2 rings (SSSR count). The summed E-state index contributed by atoms with van der Waals surface area (Å²) in [5, 5.41) is 26.6. The van der Waals surface area contributed by atoms with E-state index >= 15 is 0 Å². The summed E-state index contributed by atoms with van der Waals surface area (Å²) in [6, 6.07) is 7.71. The Kier molecular flexibility index (Phi) is 2.93. The van der Waals surface area contributed by atoms with Crippen molar-refractivity contribution in [2.75, 3.05) is 5.32 Å². The molecule has 90 valence electrons. The molecule has 0 saturated heterocycles. The average Bonchev–Trinajstić information content (AvgIpc) is 2.75. The van der Waals surface area contributed by atoms with E-state index in [-0.39, 0.29) is 11.3 Å². The van der Waals surface area contributed by atoms with Gasteiger partial charge in [0.1, 0.15) is 6.07 Å². The van der Waals surface area contributed by atoms with Gasteiger partial charge in [-0.15, -0.1) is 0 Å². The number of benzene rings is 1. The van der Waals surface area contributed by atoms with Gasteiger partial charge in [0.15, 0.2) is 5.82 Å². The first-order chi connectivity index (χ1) is 8.60. The molecule has 0 amide bonds. The molecule has 0 unspecified atom stereocenters. The number of nitro groups is 1. The lowest BCUT2D eigenvalue weighted by molar-refractivity contribution is -0.384. The monoisotopic (exact) mass is 243 g/mol. The van der Waals surface area contributed by atoms with Crippen LogP contribution < -0.4 is 5.32 Å². The molecule has 1 aromatic heterocycles.